The van der Waals surface area contributed by atoms with Crippen LogP contribution in [0.2, 0.25) is 0 Å². The lowest BCUT2D eigenvalue weighted by molar-refractivity contribution is -0.173. The molecule has 174 valence electrons. The zero-order chi connectivity index (χ0) is 23.8. The smallest absolute Gasteiger partial charge is 0.410 e. The Labute approximate surface area is 188 Å². The highest BCUT2D eigenvalue weighted by molar-refractivity contribution is 6.07. The minimum absolute atomic E-state index is 0.0134. The van der Waals surface area contributed by atoms with Crippen LogP contribution in [0, 0.1) is 0 Å². The van der Waals surface area contributed by atoms with Crippen LogP contribution < -0.4 is 15.4 Å². The molecule has 0 saturated heterocycles. The number of rotatable bonds is 5. The first kappa shape index (κ1) is 22.7. The molecule has 0 fully saturated rings. The Bertz CT molecular complexity index is 1160. The molecule has 2 aromatic carbocycles. The number of amides is 1. The fourth-order valence-corrected chi connectivity index (χ4v) is 3.88. The summed E-state index contributed by atoms with van der Waals surface area (Å²) in [5.74, 6) is -0.104. The molecule has 2 heterocycles. The van der Waals surface area contributed by atoms with Gasteiger partial charge < -0.3 is 20.5 Å². The van der Waals surface area contributed by atoms with Crippen molar-refractivity contribution in [3.05, 3.63) is 71.4 Å². The average molecular weight is 460 g/mol. The number of aliphatic hydroxyl groups excluding tert-OH is 1. The molecular weight excluding hydrogens is 437 g/mol. The highest BCUT2D eigenvalue weighted by Gasteiger charge is 2.47. The number of benzene rings is 2. The van der Waals surface area contributed by atoms with Gasteiger partial charge in [0.2, 0.25) is 0 Å². The fourth-order valence-electron chi connectivity index (χ4n) is 3.88. The minimum atomic E-state index is -4.56. The number of fused-ring (bicyclic) bond motifs is 1. The largest absolute Gasteiger partial charge is 0.497 e. The van der Waals surface area contributed by atoms with Gasteiger partial charge in [-0.1, -0.05) is 24.3 Å². The van der Waals surface area contributed by atoms with Gasteiger partial charge in [0.1, 0.15) is 17.1 Å². The summed E-state index contributed by atoms with van der Waals surface area (Å²) in [4.78, 5) is 13.0. The summed E-state index contributed by atoms with van der Waals surface area (Å²) in [6, 6.07) is 10.8. The number of hydrogen-bond acceptors (Lipinski definition) is 5. The number of halogens is 3. The number of methoxy groups -OCH3 is 1. The van der Waals surface area contributed by atoms with Gasteiger partial charge in [0.15, 0.2) is 6.04 Å². The quantitative estimate of drug-likeness (QED) is 0.506. The van der Waals surface area contributed by atoms with Gasteiger partial charge in [0.25, 0.3) is 5.91 Å². The second kappa shape index (κ2) is 8.78. The molecule has 0 unspecified atom stereocenters. The Kier molecular flexibility index (Phi) is 6.03. The third-order valence-electron chi connectivity index (χ3n) is 5.61. The van der Waals surface area contributed by atoms with Crippen molar-refractivity contribution in [2.45, 2.75) is 37.7 Å². The first-order chi connectivity index (χ1) is 15.7. The van der Waals surface area contributed by atoms with E-state index in [1.807, 2.05) is 0 Å². The standard InChI is InChI=1S/C23H23F3N4O3/c1-13(31)14-5-3-7-16(9-14)28-22(32)18-12-27-30-20(23(24,25)26)11-19(29-21(18)30)15-6-4-8-17(10-15)33-2/h3-10,12-13,19-20,29,31H,11H2,1-2H3,(H,28,32)/t13-,19-,20-/m0/s1. The zero-order valence-corrected chi connectivity index (χ0v) is 17.9. The first-order valence-electron chi connectivity index (χ1n) is 10.3. The van der Waals surface area contributed by atoms with E-state index in [0.29, 0.717) is 22.6 Å². The molecule has 0 bridgehead atoms. The lowest BCUT2D eigenvalue weighted by Gasteiger charge is -2.34. The molecule has 0 radical (unpaired) electrons. The Morgan fingerprint density at radius 1 is 1.27 bits per heavy atom. The van der Waals surface area contributed by atoms with Gasteiger partial charge in [-0.3, -0.25) is 4.79 Å². The van der Waals surface area contributed by atoms with E-state index >= 15 is 0 Å². The maximum absolute atomic E-state index is 13.9. The topological polar surface area (TPSA) is 88.4 Å². The van der Waals surface area contributed by atoms with Crippen LogP contribution in [0.4, 0.5) is 24.7 Å². The number of aliphatic hydroxyl groups is 1. The highest BCUT2D eigenvalue weighted by atomic mass is 19.4. The van der Waals surface area contributed by atoms with Crippen LogP contribution in [0.3, 0.4) is 0 Å². The van der Waals surface area contributed by atoms with Gasteiger partial charge in [-0.05, 0) is 42.3 Å². The second-order valence-electron chi connectivity index (χ2n) is 7.87. The summed E-state index contributed by atoms with van der Waals surface area (Å²) in [5.41, 5.74) is 1.59. The molecule has 1 amide bonds. The molecule has 0 spiro atoms. The lowest BCUT2D eigenvalue weighted by atomic mass is 9.96. The second-order valence-corrected chi connectivity index (χ2v) is 7.87. The molecule has 1 aliphatic rings. The summed E-state index contributed by atoms with van der Waals surface area (Å²) in [5, 5.41) is 19.4. The molecule has 1 aromatic heterocycles. The number of carbonyl (C=O) groups excluding carboxylic acids is 1. The van der Waals surface area contributed by atoms with Gasteiger partial charge in [-0.15, -0.1) is 0 Å². The van der Waals surface area contributed by atoms with Crippen LogP contribution in [-0.2, 0) is 0 Å². The number of anilines is 2. The van der Waals surface area contributed by atoms with Crippen LogP contribution in [0.25, 0.3) is 0 Å². The summed E-state index contributed by atoms with van der Waals surface area (Å²) >= 11 is 0. The van der Waals surface area contributed by atoms with Gasteiger partial charge in [-0.25, -0.2) is 4.68 Å². The first-order valence-corrected chi connectivity index (χ1v) is 10.3. The third-order valence-corrected chi connectivity index (χ3v) is 5.61. The molecule has 0 aliphatic carbocycles. The lowest BCUT2D eigenvalue weighted by Crippen LogP contribution is -2.36. The van der Waals surface area contributed by atoms with Crippen LogP contribution in [-0.4, -0.2) is 34.1 Å². The molecule has 7 nitrogen and oxygen atoms in total. The Hall–Kier alpha value is -3.53. The van der Waals surface area contributed by atoms with Crippen LogP contribution in [0.5, 0.6) is 5.75 Å². The van der Waals surface area contributed by atoms with Crippen LogP contribution in [0.15, 0.2) is 54.7 Å². The molecule has 10 heteroatoms. The summed E-state index contributed by atoms with van der Waals surface area (Å²) in [6.45, 7) is 1.59. The zero-order valence-electron chi connectivity index (χ0n) is 17.9. The van der Waals surface area contributed by atoms with Gasteiger partial charge >= 0.3 is 6.18 Å². The predicted octanol–water partition coefficient (Wildman–Crippen LogP) is 4.86. The van der Waals surface area contributed by atoms with Crippen LogP contribution in [0.1, 0.15) is 53.0 Å². The third kappa shape index (κ3) is 4.65. The number of carbonyl (C=O) groups is 1. The molecule has 3 aromatic rings. The normalized spacial score (nSPS) is 18.7. The van der Waals surface area contributed by atoms with Gasteiger partial charge in [0, 0.05) is 12.1 Å². The van der Waals surface area contributed by atoms with Crippen molar-refractivity contribution in [1.29, 1.82) is 0 Å². The summed E-state index contributed by atoms with van der Waals surface area (Å²) in [6.07, 6.45) is -4.45. The van der Waals surface area contributed by atoms with E-state index in [-0.39, 0.29) is 17.8 Å². The van der Waals surface area contributed by atoms with Crippen molar-refractivity contribution in [2.24, 2.45) is 0 Å². The van der Waals surface area contributed by atoms with E-state index < -0.39 is 30.3 Å². The average Bonchev–Trinajstić information content (AvgIpc) is 3.22. The van der Waals surface area contributed by atoms with E-state index in [1.54, 1.807) is 55.5 Å². The summed E-state index contributed by atoms with van der Waals surface area (Å²) in [7, 11) is 1.48. The Morgan fingerprint density at radius 3 is 2.73 bits per heavy atom. The molecule has 0 saturated carbocycles. The highest BCUT2D eigenvalue weighted by Crippen LogP contribution is 2.44. The molecule has 33 heavy (non-hydrogen) atoms. The predicted molar refractivity (Wildman–Crippen MR) is 116 cm³/mol. The molecular formula is C23H23F3N4O3. The van der Waals surface area contributed by atoms with Gasteiger partial charge in [-0.2, -0.15) is 18.3 Å². The maximum Gasteiger partial charge on any atom is 0.410 e. The van der Waals surface area contributed by atoms with E-state index in [0.717, 1.165) is 10.9 Å². The summed E-state index contributed by atoms with van der Waals surface area (Å²) < 4.78 is 47.7. The van der Waals surface area contributed by atoms with Crippen molar-refractivity contribution in [3.63, 3.8) is 0 Å². The van der Waals surface area contributed by atoms with Crippen molar-refractivity contribution in [3.8, 4) is 5.75 Å². The van der Waals surface area contributed by atoms with E-state index in [9.17, 15) is 23.1 Å². The van der Waals surface area contributed by atoms with Crippen LogP contribution >= 0.6 is 0 Å². The molecule has 3 N–H and O–H groups in total. The van der Waals surface area contributed by atoms with E-state index in [1.165, 1.54) is 7.11 Å². The molecule has 1 aliphatic heterocycles. The SMILES string of the molecule is COc1cccc([C@@H]2C[C@@H](C(F)(F)F)n3ncc(C(=O)Nc4cccc([C@H](C)O)c4)c3N2)c1. The van der Waals surface area contributed by atoms with E-state index in [2.05, 4.69) is 15.7 Å². The number of hydrogen-bond donors (Lipinski definition) is 3. The van der Waals surface area contributed by atoms with E-state index in [4.69, 9.17) is 4.74 Å². The van der Waals surface area contributed by atoms with Crippen molar-refractivity contribution < 1.29 is 27.8 Å². The monoisotopic (exact) mass is 460 g/mol. The van der Waals surface area contributed by atoms with Crippen molar-refractivity contribution in [1.82, 2.24) is 9.78 Å². The Morgan fingerprint density at radius 2 is 2.03 bits per heavy atom. The van der Waals surface area contributed by atoms with Gasteiger partial charge in [0.05, 0.1) is 25.5 Å². The number of alkyl halides is 3. The number of nitrogens with one attached hydrogen (secondary N) is 2. The minimum Gasteiger partial charge on any atom is -0.497 e. The van der Waals surface area contributed by atoms with Crippen molar-refractivity contribution in [2.75, 3.05) is 17.7 Å². The molecule has 4 rings (SSSR count). The fraction of sp³-hybridized carbons (Fsp3) is 0.304. The number of nitrogens with zero attached hydrogens (tertiary/aromatic N) is 2. The number of ether oxygens (including phenoxy) is 1. The molecule has 3 atom stereocenters. The maximum atomic E-state index is 13.9. The van der Waals surface area contributed by atoms with Crippen molar-refractivity contribution >= 4 is 17.4 Å². The number of aromatic nitrogens is 2. The Balaban J connectivity index is 1.67.